The van der Waals surface area contributed by atoms with Crippen LogP contribution in [0.5, 0.6) is 0 Å². The SMILES string of the molecule is Cc1cccc(C)c1-c1cncc([C@H](CC(=O)O)NC(=O)C(CC(C)C)n2cc(CN3CCC(F)C3)ccc2=O)c1. The standard InChI is InChI=1S/C32H39FN4O4/c1-20(2)12-28(37-18-23(8-9-29(37)38)17-36-11-10-26(33)19-36)32(41)35-27(14-30(39)40)24-13-25(16-34-15-24)31-21(3)6-5-7-22(31)4/h5-9,13,15-16,18,20,26-28H,10-12,14,17,19H2,1-4H3,(H,35,41)(H,39,40)/t26?,27-,28?/m0/s1. The first-order valence-corrected chi connectivity index (χ1v) is 14.1. The van der Waals surface area contributed by atoms with Crippen molar-refractivity contribution in [1.29, 1.82) is 0 Å². The molecule has 2 aromatic heterocycles. The second-order valence-electron chi connectivity index (χ2n) is 11.5. The van der Waals surface area contributed by atoms with Gasteiger partial charge in [0.15, 0.2) is 0 Å². The third kappa shape index (κ3) is 7.67. The van der Waals surface area contributed by atoms with E-state index in [0.29, 0.717) is 38.0 Å². The minimum Gasteiger partial charge on any atom is -0.481 e. The molecular weight excluding hydrogens is 523 g/mol. The van der Waals surface area contributed by atoms with Gasteiger partial charge in [-0.25, -0.2) is 4.39 Å². The summed E-state index contributed by atoms with van der Waals surface area (Å²) in [5, 5.41) is 12.6. The summed E-state index contributed by atoms with van der Waals surface area (Å²) >= 11 is 0. The van der Waals surface area contributed by atoms with Crippen molar-refractivity contribution in [3.8, 4) is 11.1 Å². The molecule has 218 valence electrons. The van der Waals surface area contributed by atoms with Crippen LogP contribution in [0.1, 0.15) is 67.4 Å². The highest BCUT2D eigenvalue weighted by Crippen LogP contribution is 2.30. The number of hydrogen-bond acceptors (Lipinski definition) is 5. The average Bonchev–Trinajstić information content (AvgIpc) is 3.32. The quantitative estimate of drug-likeness (QED) is 0.341. The number of carbonyl (C=O) groups excluding carboxylic acids is 1. The number of carboxylic acids is 1. The van der Waals surface area contributed by atoms with Crippen molar-refractivity contribution in [3.05, 3.63) is 87.6 Å². The van der Waals surface area contributed by atoms with E-state index in [1.54, 1.807) is 24.7 Å². The Kier molecular flexibility index (Phi) is 9.70. The van der Waals surface area contributed by atoms with Gasteiger partial charge in [0.05, 0.1) is 12.5 Å². The number of benzene rings is 1. The maximum absolute atomic E-state index is 13.8. The Labute approximate surface area is 240 Å². The number of aromatic nitrogens is 2. The molecule has 2 N–H and O–H groups in total. The van der Waals surface area contributed by atoms with Gasteiger partial charge in [-0.05, 0) is 66.5 Å². The van der Waals surface area contributed by atoms with E-state index in [-0.39, 0.29) is 17.9 Å². The lowest BCUT2D eigenvalue weighted by molar-refractivity contribution is -0.138. The molecule has 8 nitrogen and oxygen atoms in total. The molecule has 3 atom stereocenters. The van der Waals surface area contributed by atoms with Gasteiger partial charge < -0.3 is 15.0 Å². The molecule has 1 fully saturated rings. The van der Waals surface area contributed by atoms with Gasteiger partial charge in [-0.1, -0.05) is 38.1 Å². The zero-order valence-corrected chi connectivity index (χ0v) is 24.1. The fourth-order valence-electron chi connectivity index (χ4n) is 5.62. The summed E-state index contributed by atoms with van der Waals surface area (Å²) in [6.45, 7) is 9.42. The maximum atomic E-state index is 13.8. The number of hydrogen-bond donors (Lipinski definition) is 2. The monoisotopic (exact) mass is 562 g/mol. The number of carboxylic acid groups (broad SMARTS) is 1. The van der Waals surface area contributed by atoms with Crippen LogP contribution in [0.4, 0.5) is 4.39 Å². The summed E-state index contributed by atoms with van der Waals surface area (Å²) < 4.78 is 15.1. The zero-order valence-electron chi connectivity index (χ0n) is 24.1. The summed E-state index contributed by atoms with van der Waals surface area (Å²) in [4.78, 5) is 45.1. The highest BCUT2D eigenvalue weighted by molar-refractivity contribution is 5.82. The van der Waals surface area contributed by atoms with E-state index in [1.165, 1.54) is 10.6 Å². The summed E-state index contributed by atoms with van der Waals surface area (Å²) in [6, 6.07) is 9.32. The number of pyridine rings is 2. The second-order valence-corrected chi connectivity index (χ2v) is 11.5. The smallest absolute Gasteiger partial charge is 0.305 e. The van der Waals surface area contributed by atoms with Crippen molar-refractivity contribution >= 4 is 11.9 Å². The number of nitrogens with zero attached hydrogens (tertiary/aromatic N) is 3. The van der Waals surface area contributed by atoms with Gasteiger partial charge in [-0.2, -0.15) is 0 Å². The molecule has 9 heteroatoms. The van der Waals surface area contributed by atoms with Gasteiger partial charge in [-0.15, -0.1) is 0 Å². The van der Waals surface area contributed by atoms with E-state index in [0.717, 1.165) is 27.8 Å². The Morgan fingerprint density at radius 1 is 1.15 bits per heavy atom. The summed E-state index contributed by atoms with van der Waals surface area (Å²) in [5.41, 5.74) is 5.04. The van der Waals surface area contributed by atoms with Crippen molar-refractivity contribution in [2.24, 2.45) is 5.92 Å². The van der Waals surface area contributed by atoms with Gasteiger partial charge in [0.25, 0.3) is 5.56 Å². The Bertz CT molecular complexity index is 1430. The number of rotatable bonds is 11. The van der Waals surface area contributed by atoms with Crippen LogP contribution in [0.25, 0.3) is 11.1 Å². The van der Waals surface area contributed by atoms with Gasteiger partial charge >= 0.3 is 5.97 Å². The lowest BCUT2D eigenvalue weighted by atomic mass is 9.94. The van der Waals surface area contributed by atoms with E-state index in [4.69, 9.17) is 0 Å². The van der Waals surface area contributed by atoms with Crippen molar-refractivity contribution in [2.45, 2.75) is 71.8 Å². The van der Waals surface area contributed by atoms with E-state index in [2.05, 4.69) is 10.3 Å². The number of alkyl halides is 1. The van der Waals surface area contributed by atoms with Crippen LogP contribution in [-0.2, 0) is 16.1 Å². The minimum atomic E-state index is -1.07. The molecule has 1 aliphatic rings. The fraction of sp³-hybridized carbons (Fsp3) is 0.438. The van der Waals surface area contributed by atoms with E-state index in [9.17, 15) is 23.9 Å². The van der Waals surface area contributed by atoms with Crippen molar-refractivity contribution in [3.63, 3.8) is 0 Å². The number of likely N-dealkylation sites (tertiary alicyclic amines) is 1. The molecule has 0 bridgehead atoms. The first-order chi connectivity index (χ1) is 19.5. The van der Waals surface area contributed by atoms with Crippen molar-refractivity contribution in [2.75, 3.05) is 13.1 Å². The summed E-state index contributed by atoms with van der Waals surface area (Å²) in [5.74, 6) is -1.42. The van der Waals surface area contributed by atoms with Gasteiger partial charge in [-0.3, -0.25) is 24.3 Å². The topological polar surface area (TPSA) is 105 Å². The molecule has 2 unspecified atom stereocenters. The molecule has 1 aromatic carbocycles. The van der Waals surface area contributed by atoms with Gasteiger partial charge in [0.1, 0.15) is 12.2 Å². The Balaban J connectivity index is 1.64. The summed E-state index contributed by atoms with van der Waals surface area (Å²) in [6.07, 6.45) is 4.66. The third-order valence-electron chi connectivity index (χ3n) is 7.58. The summed E-state index contributed by atoms with van der Waals surface area (Å²) in [7, 11) is 0. The largest absolute Gasteiger partial charge is 0.481 e. The predicted molar refractivity (Wildman–Crippen MR) is 156 cm³/mol. The highest BCUT2D eigenvalue weighted by atomic mass is 19.1. The van der Waals surface area contributed by atoms with Crippen LogP contribution in [0.15, 0.2) is 59.8 Å². The lowest BCUT2D eigenvalue weighted by Crippen LogP contribution is -2.40. The molecule has 41 heavy (non-hydrogen) atoms. The molecule has 0 spiro atoms. The molecule has 3 aromatic rings. The van der Waals surface area contributed by atoms with E-state index in [1.807, 2.05) is 56.9 Å². The molecule has 0 saturated carbocycles. The predicted octanol–water partition coefficient (Wildman–Crippen LogP) is 4.99. The number of aliphatic carboxylic acids is 1. The number of halogens is 1. The Hall–Kier alpha value is -3.85. The fourth-order valence-corrected chi connectivity index (χ4v) is 5.62. The number of nitrogens with one attached hydrogen (secondary N) is 1. The van der Waals surface area contributed by atoms with Crippen LogP contribution in [0.3, 0.4) is 0 Å². The van der Waals surface area contributed by atoms with Crippen LogP contribution in [-0.4, -0.2) is 50.7 Å². The van der Waals surface area contributed by atoms with Crippen LogP contribution < -0.4 is 10.9 Å². The Morgan fingerprint density at radius 3 is 2.51 bits per heavy atom. The lowest BCUT2D eigenvalue weighted by Gasteiger charge is -2.26. The van der Waals surface area contributed by atoms with Gasteiger partial charge in [0.2, 0.25) is 5.91 Å². The first-order valence-electron chi connectivity index (χ1n) is 14.1. The minimum absolute atomic E-state index is 0.0825. The third-order valence-corrected chi connectivity index (χ3v) is 7.58. The maximum Gasteiger partial charge on any atom is 0.305 e. The number of carbonyl (C=O) groups is 2. The first kappa shape index (κ1) is 30.1. The van der Waals surface area contributed by atoms with Crippen LogP contribution in [0.2, 0.25) is 0 Å². The second kappa shape index (κ2) is 13.2. The molecule has 4 rings (SSSR count). The molecular formula is C32H39FN4O4. The molecule has 3 heterocycles. The Morgan fingerprint density at radius 2 is 1.88 bits per heavy atom. The van der Waals surface area contributed by atoms with Crippen molar-refractivity contribution in [1.82, 2.24) is 19.8 Å². The highest BCUT2D eigenvalue weighted by Gasteiger charge is 2.28. The molecule has 0 aliphatic carbocycles. The molecule has 1 amide bonds. The zero-order chi connectivity index (χ0) is 29.7. The van der Waals surface area contributed by atoms with Crippen LogP contribution >= 0.6 is 0 Å². The number of aryl methyl sites for hydroxylation is 2. The number of amides is 1. The molecule has 0 radical (unpaired) electrons. The van der Waals surface area contributed by atoms with E-state index >= 15 is 0 Å². The average molecular weight is 563 g/mol. The van der Waals surface area contributed by atoms with Crippen LogP contribution in [0, 0.1) is 19.8 Å². The normalized spacial score (nSPS) is 17.0. The molecule has 1 saturated heterocycles. The van der Waals surface area contributed by atoms with Crippen molar-refractivity contribution < 1.29 is 19.1 Å². The van der Waals surface area contributed by atoms with E-state index < -0.39 is 30.1 Å². The molecule has 1 aliphatic heterocycles. The van der Waals surface area contributed by atoms with Gasteiger partial charge in [0, 0.05) is 49.9 Å².